The van der Waals surface area contributed by atoms with Gasteiger partial charge in [-0.25, -0.2) is 0 Å². The van der Waals surface area contributed by atoms with Crippen LogP contribution in [0.3, 0.4) is 0 Å². The van der Waals surface area contributed by atoms with Gasteiger partial charge in [0.1, 0.15) is 0 Å². The Bertz CT molecular complexity index is 33.9. The fourth-order valence-electron chi connectivity index (χ4n) is 0.698. The lowest BCUT2D eigenvalue weighted by atomic mass is 10.2. The highest BCUT2D eigenvalue weighted by Crippen LogP contribution is 2.02. The fourth-order valence-corrected chi connectivity index (χ4v) is 0.887. The zero-order valence-electron chi connectivity index (χ0n) is 5.62. The van der Waals surface area contributed by atoms with Crippen molar-refractivity contribution in [2.75, 3.05) is 5.88 Å². The Hall–Kier alpha value is 0.507. The summed E-state index contributed by atoms with van der Waals surface area (Å²) in [5, 5.41) is 0. The Morgan fingerprint density at radius 1 is 1.00 bits per heavy atom. The van der Waals surface area contributed by atoms with Crippen molar-refractivity contribution in [1.29, 1.82) is 0 Å². The van der Waals surface area contributed by atoms with Crippen LogP contribution < -0.4 is 0 Å². The van der Waals surface area contributed by atoms with E-state index in [2.05, 4.69) is 6.92 Å². The van der Waals surface area contributed by atoms with Gasteiger partial charge in [0.15, 0.2) is 0 Å². The van der Waals surface area contributed by atoms with Crippen molar-refractivity contribution in [3.63, 3.8) is 0 Å². The topological polar surface area (TPSA) is 0 Å². The van der Waals surface area contributed by atoms with Crippen LogP contribution in [0.5, 0.6) is 0 Å². The predicted molar refractivity (Wildman–Crippen MR) is 50.8 cm³/mol. The molecule has 0 radical (unpaired) electrons. The number of halogens is 1. The molecule has 0 aromatic rings. The van der Waals surface area contributed by atoms with E-state index in [1.54, 1.807) is 0 Å². The summed E-state index contributed by atoms with van der Waals surface area (Å²) >= 11 is 5.48. The van der Waals surface area contributed by atoms with Crippen LogP contribution in [0.1, 0.15) is 39.0 Å². The Morgan fingerprint density at radius 2 is 1.56 bits per heavy atom. The van der Waals surface area contributed by atoms with Crippen molar-refractivity contribution in [3.05, 3.63) is 0 Å². The van der Waals surface area contributed by atoms with E-state index in [9.17, 15) is 0 Å². The van der Waals surface area contributed by atoms with Crippen molar-refractivity contribution >= 4 is 22.6 Å². The minimum absolute atomic E-state index is 0. The molecule has 0 N–H and O–H groups in total. The maximum Gasteiger partial charge on any atom is 0.0223 e. The first-order chi connectivity index (χ1) is 3.91. The van der Waals surface area contributed by atoms with Crippen molar-refractivity contribution in [1.82, 2.24) is 0 Å². The summed E-state index contributed by atoms with van der Waals surface area (Å²) in [6.45, 7) is 2.22. The lowest BCUT2D eigenvalue weighted by Gasteiger charge is -1.93. The van der Waals surface area contributed by atoms with Crippen molar-refractivity contribution < 1.29 is 0 Å². The van der Waals surface area contributed by atoms with E-state index in [1.165, 1.54) is 32.1 Å². The molecule has 0 fully saturated rings. The maximum absolute atomic E-state index is 5.48. The Balaban J connectivity index is 0. The zero-order chi connectivity index (χ0) is 6.24. The minimum Gasteiger partial charge on any atom is -0.127 e. The smallest absolute Gasteiger partial charge is 0.0223 e. The van der Waals surface area contributed by atoms with Gasteiger partial charge in [-0.15, -0.1) is 11.6 Å². The molecule has 0 aromatic carbocycles. The molecule has 58 valence electrons. The van der Waals surface area contributed by atoms with E-state index in [1.807, 2.05) is 0 Å². The predicted octanol–water partition coefficient (Wildman–Crippen LogP) is 1.74. The van der Waals surface area contributed by atoms with E-state index >= 15 is 0 Å². The average Bonchev–Trinajstić information content (AvgIpc) is 1.81. The molecule has 0 aliphatic rings. The first-order valence-electron chi connectivity index (χ1n) is 3.47. The lowest BCUT2D eigenvalue weighted by molar-refractivity contribution is 0.658. The second kappa shape index (κ2) is 11.3. The summed E-state index contributed by atoms with van der Waals surface area (Å²) in [5.74, 6) is 0.837. The molecule has 0 heterocycles. The Morgan fingerprint density at radius 3 is 2.00 bits per heavy atom. The quantitative estimate of drug-likeness (QED) is 0.332. The summed E-state index contributed by atoms with van der Waals surface area (Å²) in [6, 6.07) is 0. The van der Waals surface area contributed by atoms with Gasteiger partial charge in [-0.3, -0.25) is 0 Å². The van der Waals surface area contributed by atoms with E-state index in [-0.39, 0.29) is 11.0 Å². The van der Waals surface area contributed by atoms with E-state index < -0.39 is 0 Å². The fraction of sp³-hybridized carbons (Fsp3) is 1.00. The third-order valence-electron chi connectivity index (χ3n) is 1.24. The molecule has 0 nitrogen and oxygen atoms in total. The Labute approximate surface area is 68.0 Å². The lowest BCUT2D eigenvalue weighted by Crippen LogP contribution is -1.76. The summed E-state index contributed by atoms with van der Waals surface area (Å²) in [5.41, 5.74) is 0. The van der Waals surface area contributed by atoms with Gasteiger partial charge in [0.25, 0.3) is 0 Å². The highest BCUT2D eigenvalue weighted by Gasteiger charge is 1.84. The van der Waals surface area contributed by atoms with Crippen molar-refractivity contribution in [2.24, 2.45) is 0 Å². The molecule has 9 heavy (non-hydrogen) atoms. The molecule has 0 saturated heterocycles. The first-order valence-corrected chi connectivity index (χ1v) is 4.01. The van der Waals surface area contributed by atoms with Gasteiger partial charge in [0, 0.05) is 5.88 Å². The van der Waals surface area contributed by atoms with Crippen LogP contribution in [0, 0.1) is 0 Å². The van der Waals surface area contributed by atoms with Crippen LogP contribution >= 0.6 is 11.6 Å². The third kappa shape index (κ3) is 11.9. The number of hydrogen-bond donors (Lipinski definition) is 0. The maximum atomic E-state index is 5.48. The number of alkyl halides is 1. The van der Waals surface area contributed by atoms with Crippen LogP contribution in [0.4, 0.5) is 0 Å². The highest BCUT2D eigenvalue weighted by atomic mass is 35.5. The summed E-state index contributed by atoms with van der Waals surface area (Å²) in [7, 11) is 0. The molecule has 0 bridgehead atoms. The van der Waals surface area contributed by atoms with Gasteiger partial charge in [-0.2, -0.15) is 0 Å². The molecule has 0 rings (SSSR count). The first kappa shape index (κ1) is 12.2. The van der Waals surface area contributed by atoms with Crippen LogP contribution in [0.15, 0.2) is 0 Å². The summed E-state index contributed by atoms with van der Waals surface area (Å²) < 4.78 is 0. The largest absolute Gasteiger partial charge is 0.127 e. The second-order valence-corrected chi connectivity index (χ2v) is 2.48. The van der Waals surface area contributed by atoms with Crippen LogP contribution in [-0.4, -0.2) is 16.8 Å². The van der Waals surface area contributed by atoms with Gasteiger partial charge in [-0.05, 0) is 17.4 Å². The van der Waals surface area contributed by atoms with Crippen molar-refractivity contribution in [3.8, 4) is 0 Å². The molecular weight excluding hydrogens is 148 g/mol. The third-order valence-corrected chi connectivity index (χ3v) is 1.50. The molecule has 2 heteroatoms. The van der Waals surface area contributed by atoms with E-state index in [0.717, 1.165) is 5.88 Å². The van der Waals surface area contributed by atoms with Gasteiger partial charge >= 0.3 is 0 Å². The number of unbranched alkanes of at least 4 members (excludes halogenated alkanes) is 4. The van der Waals surface area contributed by atoms with E-state index in [4.69, 9.17) is 11.6 Å². The Kier molecular flexibility index (Phi) is 15.4. The molecule has 0 aliphatic heterocycles. The standard InChI is InChI=1S/C7H15Cl.H4Si/c1-2-3-4-5-6-7-8;/h2-7H2,1H3;1H4. The summed E-state index contributed by atoms with van der Waals surface area (Å²) in [6.07, 6.45) is 6.57. The molecule has 0 saturated carbocycles. The zero-order valence-corrected chi connectivity index (χ0v) is 6.38. The van der Waals surface area contributed by atoms with Gasteiger partial charge < -0.3 is 0 Å². The summed E-state index contributed by atoms with van der Waals surface area (Å²) in [4.78, 5) is 0. The van der Waals surface area contributed by atoms with Crippen LogP contribution in [-0.2, 0) is 0 Å². The monoisotopic (exact) mass is 166 g/mol. The van der Waals surface area contributed by atoms with Crippen LogP contribution in [0.25, 0.3) is 0 Å². The normalized spacial score (nSPS) is 8.67. The number of hydrogen-bond acceptors (Lipinski definition) is 0. The van der Waals surface area contributed by atoms with Gasteiger partial charge in [0.2, 0.25) is 0 Å². The van der Waals surface area contributed by atoms with Crippen LogP contribution in [0.2, 0.25) is 0 Å². The highest BCUT2D eigenvalue weighted by molar-refractivity contribution is 6.17. The van der Waals surface area contributed by atoms with Crippen molar-refractivity contribution in [2.45, 2.75) is 39.0 Å². The van der Waals surface area contributed by atoms with E-state index in [0.29, 0.717) is 0 Å². The second-order valence-electron chi connectivity index (χ2n) is 2.10. The molecular formula is C7H19ClSi. The average molecular weight is 167 g/mol. The molecule has 0 aliphatic carbocycles. The molecule has 0 amide bonds. The minimum atomic E-state index is 0. The molecule has 0 spiro atoms. The number of rotatable bonds is 5. The SMILES string of the molecule is CCCCCCCCl.[SiH4]. The molecule has 0 atom stereocenters. The molecule has 0 aromatic heterocycles. The van der Waals surface area contributed by atoms with Gasteiger partial charge in [0.05, 0.1) is 0 Å². The van der Waals surface area contributed by atoms with Gasteiger partial charge in [-0.1, -0.05) is 32.6 Å². The molecule has 0 unspecified atom stereocenters.